The molecule has 0 aliphatic carbocycles. The van der Waals surface area contributed by atoms with Crippen molar-refractivity contribution in [3.63, 3.8) is 0 Å². The molecular weight excluding hydrogens is 315 g/mol. The number of hydrazine groups is 1. The average Bonchev–Trinajstić information content (AvgIpc) is 2.91. The van der Waals surface area contributed by atoms with Crippen LogP contribution in [0.5, 0.6) is 0 Å². The van der Waals surface area contributed by atoms with E-state index < -0.39 is 5.91 Å². The largest absolute Gasteiger partial charge is 0.279 e. The summed E-state index contributed by atoms with van der Waals surface area (Å²) in [5, 5.41) is 0. The summed E-state index contributed by atoms with van der Waals surface area (Å²) < 4.78 is 13.0. The van der Waals surface area contributed by atoms with Gasteiger partial charge in [-0.05, 0) is 48.7 Å². The molecule has 6 heteroatoms. The Morgan fingerprint density at radius 2 is 2.04 bits per heavy atom. The van der Waals surface area contributed by atoms with Gasteiger partial charge in [0.2, 0.25) is 0 Å². The molecule has 0 aliphatic rings. The van der Waals surface area contributed by atoms with Gasteiger partial charge in [-0.25, -0.2) is 4.39 Å². The maximum Gasteiger partial charge on any atom is 0.279 e. The Labute approximate surface area is 138 Å². The fourth-order valence-electron chi connectivity index (χ4n) is 1.99. The van der Waals surface area contributed by atoms with Gasteiger partial charge in [-0.1, -0.05) is 19.1 Å². The quantitative estimate of drug-likeness (QED) is 0.667. The molecule has 0 atom stereocenters. The highest BCUT2D eigenvalue weighted by Gasteiger charge is 2.11. The maximum atomic E-state index is 13.0. The highest BCUT2D eigenvalue weighted by Crippen LogP contribution is 2.21. The Morgan fingerprint density at radius 1 is 1.26 bits per heavy atom. The van der Waals surface area contributed by atoms with Crippen LogP contribution in [-0.4, -0.2) is 11.8 Å². The molecule has 1 heterocycles. The molecular formula is C17H17FN2O2S. The van der Waals surface area contributed by atoms with Crippen LogP contribution in [0.1, 0.15) is 32.6 Å². The van der Waals surface area contributed by atoms with Crippen LogP contribution >= 0.6 is 11.3 Å². The minimum absolute atomic E-state index is 0.356. The molecule has 1 aromatic carbocycles. The summed E-state index contributed by atoms with van der Waals surface area (Å²) in [6.07, 6.45) is 3.56. The summed E-state index contributed by atoms with van der Waals surface area (Å²) in [5.41, 5.74) is 6.29. The molecule has 0 bridgehead atoms. The van der Waals surface area contributed by atoms with Crippen molar-refractivity contribution < 1.29 is 14.0 Å². The van der Waals surface area contributed by atoms with Crippen LogP contribution in [0.2, 0.25) is 0 Å². The number of halogens is 1. The molecule has 2 aromatic rings. The van der Waals surface area contributed by atoms with E-state index >= 15 is 0 Å². The molecule has 1 aromatic heterocycles. The lowest BCUT2D eigenvalue weighted by Crippen LogP contribution is -2.40. The first-order valence-electron chi connectivity index (χ1n) is 7.13. The van der Waals surface area contributed by atoms with Crippen LogP contribution < -0.4 is 10.9 Å². The van der Waals surface area contributed by atoms with Crippen molar-refractivity contribution in [1.82, 2.24) is 10.9 Å². The van der Waals surface area contributed by atoms with Crippen molar-refractivity contribution in [2.24, 2.45) is 0 Å². The van der Waals surface area contributed by atoms with Gasteiger partial charge in [-0.15, -0.1) is 11.3 Å². The lowest BCUT2D eigenvalue weighted by molar-refractivity contribution is -0.117. The van der Waals surface area contributed by atoms with Gasteiger partial charge in [0.15, 0.2) is 0 Å². The topological polar surface area (TPSA) is 58.2 Å². The average molecular weight is 332 g/mol. The summed E-state index contributed by atoms with van der Waals surface area (Å²) in [4.78, 5) is 25.3. The number of hydrogen-bond donors (Lipinski definition) is 2. The van der Waals surface area contributed by atoms with Gasteiger partial charge in [0.25, 0.3) is 11.8 Å². The molecule has 2 rings (SSSR count). The van der Waals surface area contributed by atoms with Crippen LogP contribution in [0.3, 0.4) is 0 Å². The molecule has 120 valence electrons. The molecule has 4 nitrogen and oxygen atoms in total. The highest BCUT2D eigenvalue weighted by atomic mass is 32.1. The first-order chi connectivity index (χ1) is 11.0. The Bertz CT molecular complexity index is 753. The van der Waals surface area contributed by atoms with E-state index in [0.29, 0.717) is 10.4 Å². The van der Waals surface area contributed by atoms with E-state index in [4.69, 9.17) is 0 Å². The first kappa shape index (κ1) is 16.9. The van der Waals surface area contributed by atoms with E-state index in [9.17, 15) is 14.0 Å². The lowest BCUT2D eigenvalue weighted by atomic mass is 10.2. The van der Waals surface area contributed by atoms with Gasteiger partial charge < -0.3 is 0 Å². The molecule has 0 saturated heterocycles. The molecule has 0 spiro atoms. The SMILES string of the molecule is CCc1sc(C(=O)NNC(=O)/C=C/c2cccc(F)c2)cc1C. The molecule has 2 amide bonds. The lowest BCUT2D eigenvalue weighted by Gasteiger charge is -2.03. The zero-order chi connectivity index (χ0) is 16.8. The fraction of sp³-hybridized carbons (Fsp3) is 0.176. The number of amides is 2. The molecule has 0 fully saturated rings. The Morgan fingerprint density at radius 3 is 2.70 bits per heavy atom. The predicted octanol–water partition coefficient (Wildman–Crippen LogP) is 3.23. The summed E-state index contributed by atoms with van der Waals surface area (Å²) in [6, 6.07) is 7.66. The van der Waals surface area contributed by atoms with Gasteiger partial charge in [0.1, 0.15) is 5.82 Å². The van der Waals surface area contributed by atoms with E-state index in [1.807, 2.05) is 13.8 Å². The number of carbonyl (C=O) groups is 2. The van der Waals surface area contributed by atoms with Crippen LogP contribution in [0.15, 0.2) is 36.4 Å². The van der Waals surface area contributed by atoms with Gasteiger partial charge in [-0.2, -0.15) is 0 Å². The van der Waals surface area contributed by atoms with Crippen LogP contribution in [0.4, 0.5) is 4.39 Å². The van der Waals surface area contributed by atoms with Crippen LogP contribution in [-0.2, 0) is 11.2 Å². The summed E-state index contributed by atoms with van der Waals surface area (Å²) in [7, 11) is 0. The van der Waals surface area contributed by atoms with Crippen LogP contribution in [0.25, 0.3) is 6.08 Å². The van der Waals surface area contributed by atoms with Gasteiger partial charge in [0.05, 0.1) is 4.88 Å². The van der Waals surface area contributed by atoms with Gasteiger partial charge in [0, 0.05) is 11.0 Å². The molecule has 0 aliphatic heterocycles. The second kappa shape index (κ2) is 7.69. The number of hydrogen-bond acceptors (Lipinski definition) is 3. The van der Waals surface area contributed by atoms with Crippen molar-refractivity contribution in [2.45, 2.75) is 20.3 Å². The van der Waals surface area contributed by atoms with Crippen molar-refractivity contribution >= 4 is 29.2 Å². The summed E-state index contributed by atoms with van der Waals surface area (Å²) in [5.74, 6) is -1.22. The van der Waals surface area contributed by atoms with E-state index in [1.165, 1.54) is 35.6 Å². The standard InChI is InChI=1S/C17H17FN2O2S/c1-3-14-11(2)9-15(23-14)17(22)20-19-16(21)8-7-12-5-4-6-13(18)10-12/h4-10H,3H2,1-2H3,(H,19,21)(H,20,22)/b8-7+. The number of nitrogens with one attached hydrogen (secondary N) is 2. The number of benzene rings is 1. The second-order valence-electron chi connectivity index (χ2n) is 4.90. The molecule has 23 heavy (non-hydrogen) atoms. The molecule has 2 N–H and O–H groups in total. The Hall–Kier alpha value is -2.47. The van der Waals surface area contributed by atoms with Gasteiger partial charge in [-0.3, -0.25) is 20.4 Å². The third kappa shape index (κ3) is 4.75. The predicted molar refractivity (Wildman–Crippen MR) is 89.5 cm³/mol. The maximum absolute atomic E-state index is 13.0. The van der Waals surface area contributed by atoms with E-state index in [1.54, 1.807) is 18.2 Å². The van der Waals surface area contributed by atoms with E-state index in [2.05, 4.69) is 10.9 Å². The number of aryl methyl sites for hydroxylation is 2. The Balaban J connectivity index is 1.89. The third-order valence-electron chi connectivity index (χ3n) is 3.14. The highest BCUT2D eigenvalue weighted by molar-refractivity contribution is 7.14. The molecule has 0 radical (unpaired) electrons. The normalized spacial score (nSPS) is 10.7. The zero-order valence-electron chi connectivity index (χ0n) is 12.9. The monoisotopic (exact) mass is 332 g/mol. The Kier molecular flexibility index (Phi) is 5.65. The van der Waals surface area contributed by atoms with Crippen molar-refractivity contribution in [1.29, 1.82) is 0 Å². The summed E-state index contributed by atoms with van der Waals surface area (Å²) >= 11 is 1.41. The minimum atomic E-state index is -0.494. The number of carbonyl (C=O) groups excluding carboxylic acids is 2. The number of thiophene rings is 1. The zero-order valence-corrected chi connectivity index (χ0v) is 13.7. The van der Waals surface area contributed by atoms with E-state index in [0.717, 1.165) is 16.9 Å². The molecule has 0 unspecified atom stereocenters. The minimum Gasteiger partial charge on any atom is -0.268 e. The van der Waals surface area contributed by atoms with Crippen molar-refractivity contribution in [3.05, 3.63) is 63.1 Å². The number of rotatable bonds is 4. The van der Waals surface area contributed by atoms with Crippen LogP contribution in [0, 0.1) is 12.7 Å². The fourth-order valence-corrected chi connectivity index (χ4v) is 3.00. The van der Waals surface area contributed by atoms with Crippen molar-refractivity contribution in [3.8, 4) is 0 Å². The van der Waals surface area contributed by atoms with Crippen molar-refractivity contribution in [2.75, 3.05) is 0 Å². The first-order valence-corrected chi connectivity index (χ1v) is 7.94. The third-order valence-corrected chi connectivity index (χ3v) is 4.52. The van der Waals surface area contributed by atoms with Gasteiger partial charge >= 0.3 is 0 Å². The smallest absolute Gasteiger partial charge is 0.268 e. The summed E-state index contributed by atoms with van der Waals surface area (Å²) in [6.45, 7) is 3.98. The molecule has 0 saturated carbocycles. The second-order valence-corrected chi connectivity index (χ2v) is 6.04. The van der Waals surface area contributed by atoms with E-state index in [-0.39, 0.29) is 11.7 Å².